The second-order valence-corrected chi connectivity index (χ2v) is 3.51. The van der Waals surface area contributed by atoms with Gasteiger partial charge in [0.15, 0.2) is 0 Å². The van der Waals surface area contributed by atoms with Crippen molar-refractivity contribution in [2.24, 2.45) is 0 Å². The van der Waals surface area contributed by atoms with Crippen LogP contribution in [0.2, 0.25) is 0 Å². The van der Waals surface area contributed by atoms with Crippen LogP contribution in [-0.2, 0) is 4.79 Å². The lowest BCUT2D eigenvalue weighted by Gasteiger charge is -2.04. The predicted molar refractivity (Wildman–Crippen MR) is 55.4 cm³/mol. The lowest BCUT2D eigenvalue weighted by Crippen LogP contribution is -1.96. The molecular formula is C10H9BrO2. The zero-order valence-electron chi connectivity index (χ0n) is 6.96. The highest BCUT2D eigenvalue weighted by Crippen LogP contribution is 2.24. The number of carboxylic acids is 1. The highest BCUT2D eigenvalue weighted by atomic mass is 79.9. The van der Waals surface area contributed by atoms with Crippen LogP contribution >= 0.6 is 15.9 Å². The Morgan fingerprint density at radius 3 is 2.62 bits per heavy atom. The van der Waals surface area contributed by atoms with E-state index in [9.17, 15) is 4.79 Å². The van der Waals surface area contributed by atoms with Crippen LogP contribution in [0.5, 0.6) is 0 Å². The van der Waals surface area contributed by atoms with Gasteiger partial charge >= 0.3 is 5.97 Å². The maximum atomic E-state index is 10.4. The Hall–Kier alpha value is -1.09. The quantitative estimate of drug-likeness (QED) is 0.883. The molecule has 0 fully saturated rings. The van der Waals surface area contributed by atoms with Crippen molar-refractivity contribution in [2.45, 2.75) is 6.42 Å². The summed E-state index contributed by atoms with van der Waals surface area (Å²) in [4.78, 5) is 10.4. The molecule has 0 aromatic heterocycles. The van der Waals surface area contributed by atoms with Gasteiger partial charge in [-0.2, -0.15) is 0 Å². The molecule has 68 valence electrons. The van der Waals surface area contributed by atoms with E-state index in [0.29, 0.717) is 5.57 Å². The van der Waals surface area contributed by atoms with Gasteiger partial charge in [-0.05, 0) is 17.2 Å². The standard InChI is InChI=1S/C10H9BrO2/c1-7(6-10(12)13)8-4-2-3-5-9(8)11/h2-5H,1,6H2,(H,12,13). The predicted octanol–water partition coefficient (Wildman–Crippen LogP) is 2.94. The van der Waals surface area contributed by atoms with Crippen molar-refractivity contribution in [2.75, 3.05) is 0 Å². The van der Waals surface area contributed by atoms with Crippen molar-refractivity contribution in [3.8, 4) is 0 Å². The minimum atomic E-state index is -0.860. The van der Waals surface area contributed by atoms with Crippen LogP contribution in [-0.4, -0.2) is 11.1 Å². The molecule has 1 N–H and O–H groups in total. The number of aliphatic carboxylic acids is 1. The summed E-state index contributed by atoms with van der Waals surface area (Å²) in [5.74, 6) is -0.860. The maximum Gasteiger partial charge on any atom is 0.307 e. The van der Waals surface area contributed by atoms with Gasteiger partial charge in [-0.15, -0.1) is 0 Å². The molecule has 0 saturated heterocycles. The highest BCUT2D eigenvalue weighted by Gasteiger charge is 2.06. The molecule has 1 rings (SSSR count). The number of carbonyl (C=O) groups is 1. The zero-order chi connectivity index (χ0) is 9.84. The molecule has 1 aromatic rings. The van der Waals surface area contributed by atoms with E-state index in [1.807, 2.05) is 24.3 Å². The zero-order valence-corrected chi connectivity index (χ0v) is 8.54. The van der Waals surface area contributed by atoms with Crippen molar-refractivity contribution in [3.63, 3.8) is 0 Å². The first-order chi connectivity index (χ1) is 6.11. The monoisotopic (exact) mass is 240 g/mol. The van der Waals surface area contributed by atoms with E-state index in [1.165, 1.54) is 0 Å². The summed E-state index contributed by atoms with van der Waals surface area (Å²) in [5, 5.41) is 8.56. The summed E-state index contributed by atoms with van der Waals surface area (Å²) in [6.07, 6.45) is -0.0252. The molecule has 0 atom stereocenters. The van der Waals surface area contributed by atoms with Crippen LogP contribution in [0.4, 0.5) is 0 Å². The molecule has 0 bridgehead atoms. The molecule has 0 saturated carbocycles. The molecule has 0 amide bonds. The third kappa shape index (κ3) is 2.70. The van der Waals surface area contributed by atoms with E-state index in [1.54, 1.807) is 0 Å². The maximum absolute atomic E-state index is 10.4. The lowest BCUT2D eigenvalue weighted by atomic mass is 10.1. The van der Waals surface area contributed by atoms with Crippen LogP contribution < -0.4 is 0 Å². The van der Waals surface area contributed by atoms with Gasteiger partial charge in [0.25, 0.3) is 0 Å². The van der Waals surface area contributed by atoms with E-state index in [2.05, 4.69) is 22.5 Å². The Kier molecular flexibility index (Phi) is 3.25. The topological polar surface area (TPSA) is 37.3 Å². The van der Waals surface area contributed by atoms with Gasteiger partial charge in [-0.3, -0.25) is 4.79 Å². The summed E-state index contributed by atoms with van der Waals surface area (Å²) < 4.78 is 0.876. The van der Waals surface area contributed by atoms with Gasteiger partial charge in [0, 0.05) is 4.47 Å². The average molecular weight is 241 g/mol. The van der Waals surface area contributed by atoms with Crippen LogP contribution in [0.1, 0.15) is 12.0 Å². The fourth-order valence-corrected chi connectivity index (χ4v) is 1.59. The first-order valence-electron chi connectivity index (χ1n) is 3.75. The molecule has 2 nitrogen and oxygen atoms in total. The van der Waals surface area contributed by atoms with Crippen molar-refractivity contribution < 1.29 is 9.90 Å². The van der Waals surface area contributed by atoms with E-state index in [4.69, 9.17) is 5.11 Å². The molecule has 0 aliphatic heterocycles. The molecule has 0 aliphatic carbocycles. The largest absolute Gasteiger partial charge is 0.481 e. The van der Waals surface area contributed by atoms with Crippen LogP contribution in [0.3, 0.4) is 0 Å². The Morgan fingerprint density at radius 1 is 1.46 bits per heavy atom. The van der Waals surface area contributed by atoms with Crippen LogP contribution in [0.15, 0.2) is 35.3 Å². The first kappa shape index (κ1) is 9.99. The molecule has 0 heterocycles. The molecular weight excluding hydrogens is 232 g/mol. The highest BCUT2D eigenvalue weighted by molar-refractivity contribution is 9.10. The summed E-state index contributed by atoms with van der Waals surface area (Å²) >= 11 is 3.33. The fourth-order valence-electron chi connectivity index (χ4n) is 1.03. The smallest absolute Gasteiger partial charge is 0.307 e. The first-order valence-corrected chi connectivity index (χ1v) is 4.55. The van der Waals surface area contributed by atoms with Crippen molar-refractivity contribution in [1.82, 2.24) is 0 Å². The van der Waals surface area contributed by atoms with Crippen LogP contribution in [0, 0.1) is 0 Å². The van der Waals surface area contributed by atoms with Gasteiger partial charge in [0.1, 0.15) is 0 Å². The van der Waals surface area contributed by atoms with Crippen molar-refractivity contribution in [1.29, 1.82) is 0 Å². The van der Waals surface area contributed by atoms with Gasteiger partial charge in [0.2, 0.25) is 0 Å². The Labute approximate surface area is 85.0 Å². The fraction of sp³-hybridized carbons (Fsp3) is 0.100. The number of hydrogen-bond donors (Lipinski definition) is 1. The average Bonchev–Trinajstić information content (AvgIpc) is 2.03. The number of hydrogen-bond acceptors (Lipinski definition) is 1. The third-order valence-electron chi connectivity index (χ3n) is 1.62. The van der Waals surface area contributed by atoms with Crippen molar-refractivity contribution >= 4 is 27.5 Å². The molecule has 0 unspecified atom stereocenters. The van der Waals surface area contributed by atoms with Gasteiger partial charge in [0.05, 0.1) is 6.42 Å². The molecule has 1 aromatic carbocycles. The van der Waals surface area contributed by atoms with Gasteiger partial charge in [-0.25, -0.2) is 0 Å². The summed E-state index contributed by atoms with van der Waals surface area (Å²) in [6, 6.07) is 7.44. The van der Waals surface area contributed by atoms with Gasteiger partial charge < -0.3 is 5.11 Å². The van der Waals surface area contributed by atoms with Gasteiger partial charge in [-0.1, -0.05) is 40.7 Å². The summed E-state index contributed by atoms with van der Waals surface area (Å²) in [7, 11) is 0. The van der Waals surface area contributed by atoms with Crippen LogP contribution in [0.25, 0.3) is 5.57 Å². The molecule has 0 aliphatic rings. The van der Waals surface area contributed by atoms with E-state index < -0.39 is 5.97 Å². The normalized spacial score (nSPS) is 9.62. The van der Waals surface area contributed by atoms with E-state index in [-0.39, 0.29) is 6.42 Å². The Balaban J connectivity index is 2.89. The second kappa shape index (κ2) is 4.23. The Bertz CT molecular complexity index is 345. The van der Waals surface area contributed by atoms with E-state index in [0.717, 1.165) is 10.0 Å². The third-order valence-corrected chi connectivity index (χ3v) is 2.31. The van der Waals surface area contributed by atoms with Crippen molar-refractivity contribution in [3.05, 3.63) is 40.9 Å². The summed E-state index contributed by atoms with van der Waals surface area (Å²) in [6.45, 7) is 3.72. The Morgan fingerprint density at radius 2 is 2.08 bits per heavy atom. The molecule has 3 heteroatoms. The minimum Gasteiger partial charge on any atom is -0.481 e. The number of carboxylic acid groups (broad SMARTS) is 1. The number of halogens is 1. The number of rotatable bonds is 3. The second-order valence-electron chi connectivity index (χ2n) is 2.65. The number of benzene rings is 1. The molecule has 0 spiro atoms. The SMILES string of the molecule is C=C(CC(=O)O)c1ccccc1Br. The van der Waals surface area contributed by atoms with E-state index >= 15 is 0 Å². The summed E-state index contributed by atoms with van der Waals surface area (Å²) in [5.41, 5.74) is 1.46. The molecule has 0 radical (unpaired) electrons. The minimum absolute atomic E-state index is 0.0252. The lowest BCUT2D eigenvalue weighted by molar-refractivity contribution is -0.135. The molecule has 13 heavy (non-hydrogen) atoms.